The molecule has 1 atom stereocenters. The maximum Gasteiger partial charge on any atom is 0.352 e. The van der Waals surface area contributed by atoms with Gasteiger partial charge in [0.25, 0.3) is 0 Å². The molecule has 0 aromatic carbocycles. The number of hydrogen-bond acceptors (Lipinski definition) is 7. The molecule has 0 aliphatic heterocycles. The van der Waals surface area contributed by atoms with Gasteiger partial charge in [0.15, 0.2) is 0 Å². The Balaban J connectivity index is 2.71. The maximum absolute atomic E-state index is 10.8. The van der Waals surface area contributed by atoms with Crippen molar-refractivity contribution < 1.29 is 10.0 Å². The number of aliphatic hydroxyl groups is 1. The fourth-order valence-electron chi connectivity index (χ4n) is 1.26. The second kappa shape index (κ2) is 5.94. The van der Waals surface area contributed by atoms with E-state index in [1.807, 2.05) is 6.92 Å². The topological polar surface area (TPSA) is 127 Å². The van der Waals surface area contributed by atoms with E-state index >= 15 is 0 Å². The first-order valence-electron chi connectivity index (χ1n) is 5.23. The van der Waals surface area contributed by atoms with Crippen LogP contribution in [0.25, 0.3) is 0 Å². The van der Waals surface area contributed by atoms with Crippen LogP contribution in [0.4, 0.5) is 17.3 Å². The van der Waals surface area contributed by atoms with E-state index in [-0.39, 0.29) is 17.3 Å². The van der Waals surface area contributed by atoms with E-state index in [4.69, 9.17) is 5.73 Å². The van der Waals surface area contributed by atoms with Crippen LogP contribution in [0, 0.1) is 10.1 Å². The molecule has 0 radical (unpaired) electrons. The van der Waals surface area contributed by atoms with Crippen LogP contribution in [0.5, 0.6) is 0 Å². The van der Waals surface area contributed by atoms with Crippen molar-refractivity contribution in [1.29, 1.82) is 0 Å². The van der Waals surface area contributed by atoms with Crippen LogP contribution in [0.15, 0.2) is 6.33 Å². The van der Waals surface area contributed by atoms with Crippen LogP contribution < -0.4 is 11.1 Å². The number of nitrogens with one attached hydrogen (secondary N) is 1. The van der Waals surface area contributed by atoms with Crippen molar-refractivity contribution in [2.45, 2.75) is 25.9 Å². The van der Waals surface area contributed by atoms with Crippen LogP contribution in [0.1, 0.15) is 19.8 Å². The molecule has 8 nitrogen and oxygen atoms in total. The lowest BCUT2D eigenvalue weighted by atomic mass is 10.2. The Bertz CT molecular complexity index is 398. The number of rotatable bonds is 6. The number of aliphatic hydroxyl groups excluding tert-OH is 1. The van der Waals surface area contributed by atoms with Gasteiger partial charge in [-0.25, -0.2) is 9.97 Å². The fourth-order valence-corrected chi connectivity index (χ4v) is 1.26. The summed E-state index contributed by atoms with van der Waals surface area (Å²) in [7, 11) is 0. The number of nitro groups is 1. The van der Waals surface area contributed by atoms with Gasteiger partial charge in [-0.1, -0.05) is 6.92 Å². The quantitative estimate of drug-likeness (QED) is 0.489. The van der Waals surface area contributed by atoms with Gasteiger partial charge < -0.3 is 16.2 Å². The van der Waals surface area contributed by atoms with Crippen LogP contribution in [0.3, 0.4) is 0 Å². The number of anilines is 2. The highest BCUT2D eigenvalue weighted by Gasteiger charge is 2.20. The molecule has 0 saturated carbocycles. The van der Waals surface area contributed by atoms with Gasteiger partial charge in [0, 0.05) is 6.54 Å². The molecule has 94 valence electrons. The Hall–Kier alpha value is -1.96. The Morgan fingerprint density at radius 2 is 2.35 bits per heavy atom. The zero-order valence-electron chi connectivity index (χ0n) is 9.46. The largest absolute Gasteiger partial charge is 0.393 e. The summed E-state index contributed by atoms with van der Waals surface area (Å²) in [5.74, 6) is -0.102. The summed E-state index contributed by atoms with van der Waals surface area (Å²) in [6, 6.07) is 0. The number of nitrogens with zero attached hydrogens (tertiary/aromatic N) is 3. The summed E-state index contributed by atoms with van der Waals surface area (Å²) in [6.07, 6.45) is 1.84. The minimum absolute atomic E-state index is 0.0748. The Morgan fingerprint density at radius 1 is 1.65 bits per heavy atom. The van der Waals surface area contributed by atoms with E-state index in [2.05, 4.69) is 15.3 Å². The van der Waals surface area contributed by atoms with Gasteiger partial charge in [0.2, 0.25) is 11.6 Å². The van der Waals surface area contributed by atoms with E-state index in [0.717, 1.165) is 6.33 Å². The van der Waals surface area contributed by atoms with Gasteiger partial charge in [-0.2, -0.15) is 0 Å². The summed E-state index contributed by atoms with van der Waals surface area (Å²) in [6.45, 7) is 2.24. The Labute approximate surface area is 98.0 Å². The highest BCUT2D eigenvalue weighted by Crippen LogP contribution is 2.25. The van der Waals surface area contributed by atoms with Gasteiger partial charge in [-0.05, 0) is 12.8 Å². The molecule has 0 bridgehead atoms. The van der Waals surface area contributed by atoms with Crippen molar-refractivity contribution >= 4 is 17.3 Å². The molecule has 0 spiro atoms. The summed E-state index contributed by atoms with van der Waals surface area (Å²) in [4.78, 5) is 17.4. The summed E-state index contributed by atoms with van der Waals surface area (Å²) in [5, 5.41) is 22.9. The molecule has 0 aliphatic rings. The zero-order chi connectivity index (χ0) is 12.8. The first-order chi connectivity index (χ1) is 8.06. The third-order valence-corrected chi connectivity index (χ3v) is 2.27. The molecule has 0 amide bonds. The van der Waals surface area contributed by atoms with Gasteiger partial charge in [0.05, 0.1) is 11.0 Å². The van der Waals surface area contributed by atoms with Crippen molar-refractivity contribution in [3.63, 3.8) is 0 Å². The Kier molecular flexibility index (Phi) is 4.58. The SMILES string of the molecule is CCC(O)CCNc1ncnc(N)c1[N+](=O)[O-]. The van der Waals surface area contributed by atoms with Crippen molar-refractivity contribution in [1.82, 2.24) is 9.97 Å². The van der Waals surface area contributed by atoms with Crippen molar-refractivity contribution in [2.24, 2.45) is 0 Å². The zero-order valence-corrected chi connectivity index (χ0v) is 9.46. The maximum atomic E-state index is 10.8. The first-order valence-corrected chi connectivity index (χ1v) is 5.23. The van der Waals surface area contributed by atoms with Crippen LogP contribution in [-0.4, -0.2) is 32.6 Å². The molecule has 1 unspecified atom stereocenters. The van der Waals surface area contributed by atoms with E-state index in [9.17, 15) is 15.2 Å². The van der Waals surface area contributed by atoms with Gasteiger partial charge in [0.1, 0.15) is 6.33 Å². The van der Waals surface area contributed by atoms with E-state index in [0.29, 0.717) is 19.4 Å². The molecule has 1 aromatic heterocycles. The third kappa shape index (κ3) is 3.52. The predicted octanol–water partition coefficient (Wildman–Crippen LogP) is 0.540. The van der Waals surface area contributed by atoms with Crippen LogP contribution >= 0.6 is 0 Å². The minimum Gasteiger partial charge on any atom is -0.393 e. The summed E-state index contributed by atoms with van der Waals surface area (Å²) >= 11 is 0. The summed E-state index contributed by atoms with van der Waals surface area (Å²) < 4.78 is 0. The lowest BCUT2D eigenvalue weighted by Crippen LogP contribution is -2.14. The fraction of sp³-hybridized carbons (Fsp3) is 0.556. The number of aromatic nitrogens is 2. The molecule has 0 aliphatic carbocycles. The van der Waals surface area contributed by atoms with Crippen molar-refractivity contribution in [2.75, 3.05) is 17.6 Å². The summed E-state index contributed by atoms with van der Waals surface area (Å²) in [5.41, 5.74) is 5.06. The standard InChI is InChI=1S/C9H15N5O3/c1-2-6(15)3-4-11-9-7(14(16)17)8(10)12-5-13-9/h5-6,15H,2-4H2,1H3,(H3,10,11,12,13). The molecular formula is C9H15N5O3. The van der Waals surface area contributed by atoms with Gasteiger partial charge in [-0.15, -0.1) is 0 Å². The molecule has 0 saturated heterocycles. The van der Waals surface area contributed by atoms with Crippen molar-refractivity contribution in [3.8, 4) is 0 Å². The average Bonchev–Trinajstić information content (AvgIpc) is 2.28. The second-order valence-electron chi connectivity index (χ2n) is 3.49. The third-order valence-electron chi connectivity index (χ3n) is 2.27. The number of nitrogens with two attached hydrogens (primary N) is 1. The molecular weight excluding hydrogens is 226 g/mol. The highest BCUT2D eigenvalue weighted by atomic mass is 16.6. The van der Waals surface area contributed by atoms with Gasteiger partial charge in [-0.3, -0.25) is 10.1 Å². The molecule has 1 rings (SSSR count). The Morgan fingerprint density at radius 3 is 2.94 bits per heavy atom. The molecule has 0 fully saturated rings. The predicted molar refractivity (Wildman–Crippen MR) is 62.5 cm³/mol. The van der Waals surface area contributed by atoms with E-state index < -0.39 is 11.0 Å². The van der Waals surface area contributed by atoms with Crippen molar-refractivity contribution in [3.05, 3.63) is 16.4 Å². The van der Waals surface area contributed by atoms with E-state index in [1.54, 1.807) is 0 Å². The lowest BCUT2D eigenvalue weighted by Gasteiger charge is -2.09. The van der Waals surface area contributed by atoms with Crippen LogP contribution in [0.2, 0.25) is 0 Å². The van der Waals surface area contributed by atoms with Gasteiger partial charge >= 0.3 is 5.69 Å². The smallest absolute Gasteiger partial charge is 0.352 e. The monoisotopic (exact) mass is 241 g/mol. The molecule has 17 heavy (non-hydrogen) atoms. The highest BCUT2D eigenvalue weighted by molar-refractivity contribution is 5.67. The molecule has 8 heteroatoms. The molecule has 1 aromatic rings. The normalized spacial score (nSPS) is 12.1. The molecule has 4 N–H and O–H groups in total. The molecule has 1 heterocycles. The van der Waals surface area contributed by atoms with Crippen LogP contribution in [-0.2, 0) is 0 Å². The van der Waals surface area contributed by atoms with E-state index in [1.165, 1.54) is 0 Å². The minimum atomic E-state index is -0.631. The lowest BCUT2D eigenvalue weighted by molar-refractivity contribution is -0.383. The second-order valence-corrected chi connectivity index (χ2v) is 3.49. The number of nitrogen functional groups attached to an aromatic ring is 1. The number of hydrogen-bond donors (Lipinski definition) is 3. The average molecular weight is 241 g/mol. The first kappa shape index (κ1) is 13.1.